The Bertz CT molecular complexity index is 1130. The number of anilines is 1. The molecule has 0 unspecified atom stereocenters. The van der Waals surface area contributed by atoms with Crippen molar-refractivity contribution in [2.24, 2.45) is 0 Å². The summed E-state index contributed by atoms with van der Waals surface area (Å²) in [6, 6.07) is 6.40. The molecule has 3 aromatic rings. The summed E-state index contributed by atoms with van der Waals surface area (Å²) < 4.78 is 46.2. The molecule has 27 heavy (non-hydrogen) atoms. The van der Waals surface area contributed by atoms with Crippen molar-refractivity contribution in [3.8, 4) is 11.5 Å². The van der Waals surface area contributed by atoms with E-state index in [1.807, 2.05) is 16.2 Å². The number of fused-ring (bicyclic) bond motifs is 1. The average molecular weight is 407 g/mol. The van der Waals surface area contributed by atoms with Crippen LogP contribution in [0, 0.1) is 5.82 Å². The van der Waals surface area contributed by atoms with Crippen LogP contribution in [-0.2, 0) is 10.0 Å². The summed E-state index contributed by atoms with van der Waals surface area (Å²) in [5, 5.41) is 3.65. The standard InChI is InChI=1S/C17H14FN3O4S2/c18-12-9-10(20-17(22)21-27(23,24)11-2-3-11)1-4-14(12)25-15-5-7-19-13-6-8-26-16(13)15/h1,4-9,11H,2-3H2,(H2,20,21,22). The predicted octanol–water partition coefficient (Wildman–Crippen LogP) is 3.84. The number of benzene rings is 1. The molecule has 0 radical (unpaired) electrons. The zero-order valence-electron chi connectivity index (χ0n) is 13.8. The van der Waals surface area contributed by atoms with Crippen molar-refractivity contribution in [3.63, 3.8) is 0 Å². The number of urea groups is 1. The Morgan fingerprint density at radius 2 is 2.04 bits per heavy atom. The molecule has 0 spiro atoms. The van der Waals surface area contributed by atoms with Gasteiger partial charge in [-0.05, 0) is 36.4 Å². The van der Waals surface area contributed by atoms with Gasteiger partial charge in [-0.1, -0.05) is 0 Å². The van der Waals surface area contributed by atoms with E-state index in [4.69, 9.17) is 4.74 Å². The third-order valence-corrected chi connectivity index (χ3v) is 6.65. The topological polar surface area (TPSA) is 97.4 Å². The van der Waals surface area contributed by atoms with Crippen molar-refractivity contribution in [2.45, 2.75) is 18.1 Å². The van der Waals surface area contributed by atoms with Gasteiger partial charge in [-0.15, -0.1) is 11.3 Å². The second kappa shape index (κ2) is 6.78. The SMILES string of the molecule is O=C(Nc1ccc(Oc2ccnc3ccsc23)c(F)c1)NS(=O)(=O)C1CC1. The number of nitrogens with one attached hydrogen (secondary N) is 2. The molecule has 0 atom stereocenters. The number of aromatic nitrogens is 1. The summed E-state index contributed by atoms with van der Waals surface area (Å²) in [7, 11) is -3.67. The fraction of sp³-hybridized carbons (Fsp3) is 0.176. The summed E-state index contributed by atoms with van der Waals surface area (Å²) in [4.78, 5) is 16.0. The van der Waals surface area contributed by atoms with Crippen LogP contribution in [0.4, 0.5) is 14.9 Å². The summed E-state index contributed by atoms with van der Waals surface area (Å²) in [6.45, 7) is 0. The van der Waals surface area contributed by atoms with Crippen LogP contribution in [0.5, 0.6) is 11.5 Å². The maximum atomic E-state index is 14.4. The Labute approximate surface area is 158 Å². The maximum absolute atomic E-state index is 14.4. The number of hydrogen-bond acceptors (Lipinski definition) is 6. The highest BCUT2D eigenvalue weighted by molar-refractivity contribution is 7.90. The zero-order chi connectivity index (χ0) is 19.0. The Kier molecular flexibility index (Phi) is 4.44. The van der Waals surface area contributed by atoms with Gasteiger partial charge in [0.2, 0.25) is 10.0 Å². The molecular weight excluding hydrogens is 393 g/mol. The number of sulfonamides is 1. The summed E-state index contributed by atoms with van der Waals surface area (Å²) in [5.74, 6) is -0.241. The minimum atomic E-state index is -3.67. The molecule has 2 N–H and O–H groups in total. The molecule has 2 amide bonds. The van der Waals surface area contributed by atoms with Crippen LogP contribution in [0.2, 0.25) is 0 Å². The van der Waals surface area contributed by atoms with Crippen molar-refractivity contribution < 1.29 is 22.3 Å². The fourth-order valence-corrected chi connectivity index (χ4v) is 4.49. The van der Waals surface area contributed by atoms with E-state index in [-0.39, 0.29) is 11.4 Å². The molecule has 7 nitrogen and oxygen atoms in total. The number of ether oxygens (including phenoxy) is 1. The average Bonchev–Trinajstić information content (AvgIpc) is 3.36. The molecule has 1 aliphatic carbocycles. The normalized spacial score (nSPS) is 14.1. The molecule has 140 valence electrons. The molecule has 10 heteroatoms. The van der Waals surface area contributed by atoms with E-state index in [0.29, 0.717) is 18.6 Å². The fourth-order valence-electron chi connectivity index (χ4n) is 2.46. The highest BCUT2D eigenvalue weighted by atomic mass is 32.2. The summed E-state index contributed by atoms with van der Waals surface area (Å²) in [5.41, 5.74) is 0.865. The summed E-state index contributed by atoms with van der Waals surface area (Å²) in [6.07, 6.45) is 2.65. The highest BCUT2D eigenvalue weighted by Crippen LogP contribution is 2.34. The Hall–Kier alpha value is -2.72. The van der Waals surface area contributed by atoms with E-state index in [2.05, 4.69) is 10.3 Å². The first-order valence-electron chi connectivity index (χ1n) is 8.04. The summed E-state index contributed by atoms with van der Waals surface area (Å²) >= 11 is 1.43. The van der Waals surface area contributed by atoms with Gasteiger partial charge in [-0.2, -0.15) is 0 Å². The largest absolute Gasteiger partial charge is 0.453 e. The van der Waals surface area contributed by atoms with Crippen LogP contribution in [0.15, 0.2) is 41.9 Å². The molecule has 0 aliphatic heterocycles. The van der Waals surface area contributed by atoms with E-state index >= 15 is 0 Å². The van der Waals surface area contributed by atoms with Gasteiger partial charge in [0.15, 0.2) is 11.6 Å². The molecule has 2 heterocycles. The van der Waals surface area contributed by atoms with Gasteiger partial charge < -0.3 is 10.1 Å². The van der Waals surface area contributed by atoms with Gasteiger partial charge in [0.05, 0.1) is 15.5 Å². The van der Waals surface area contributed by atoms with E-state index in [0.717, 1.165) is 16.3 Å². The first kappa shape index (κ1) is 17.7. The molecule has 2 aromatic heterocycles. The van der Waals surface area contributed by atoms with E-state index in [1.54, 1.807) is 12.3 Å². The number of nitrogens with zero attached hydrogens (tertiary/aromatic N) is 1. The van der Waals surface area contributed by atoms with Crippen molar-refractivity contribution in [3.05, 3.63) is 47.7 Å². The number of hydrogen-bond donors (Lipinski definition) is 2. The van der Waals surface area contributed by atoms with Crippen molar-refractivity contribution in [1.29, 1.82) is 0 Å². The van der Waals surface area contributed by atoms with Crippen LogP contribution in [0.1, 0.15) is 12.8 Å². The first-order chi connectivity index (χ1) is 12.9. The maximum Gasteiger partial charge on any atom is 0.332 e. The van der Waals surface area contributed by atoms with Crippen molar-refractivity contribution >= 4 is 43.3 Å². The van der Waals surface area contributed by atoms with Crippen LogP contribution >= 0.6 is 11.3 Å². The minimum Gasteiger partial charge on any atom is -0.453 e. The number of rotatable bonds is 5. The molecule has 4 rings (SSSR count). The number of halogens is 1. The lowest BCUT2D eigenvalue weighted by molar-refractivity contribution is 0.256. The molecule has 1 aliphatic rings. The van der Waals surface area contributed by atoms with Crippen molar-refractivity contribution in [2.75, 3.05) is 5.32 Å². The van der Waals surface area contributed by atoms with Gasteiger partial charge in [0.1, 0.15) is 5.75 Å². The quantitative estimate of drug-likeness (QED) is 0.670. The van der Waals surface area contributed by atoms with Crippen molar-refractivity contribution in [1.82, 2.24) is 9.71 Å². The predicted molar refractivity (Wildman–Crippen MR) is 100 cm³/mol. The van der Waals surface area contributed by atoms with Gasteiger partial charge in [0, 0.05) is 24.0 Å². The van der Waals surface area contributed by atoms with Crippen LogP contribution < -0.4 is 14.8 Å². The van der Waals surface area contributed by atoms with E-state index in [9.17, 15) is 17.6 Å². The molecule has 0 saturated heterocycles. The Morgan fingerprint density at radius 1 is 1.22 bits per heavy atom. The van der Waals surface area contributed by atoms with Gasteiger partial charge in [-0.25, -0.2) is 22.3 Å². The monoisotopic (exact) mass is 407 g/mol. The molecule has 0 bridgehead atoms. The first-order valence-corrected chi connectivity index (χ1v) is 10.5. The third kappa shape index (κ3) is 3.86. The van der Waals surface area contributed by atoms with Gasteiger partial charge >= 0.3 is 6.03 Å². The number of carbonyl (C=O) groups is 1. The highest BCUT2D eigenvalue weighted by Gasteiger charge is 2.36. The minimum absolute atomic E-state index is 0.0209. The molecule has 1 saturated carbocycles. The number of pyridine rings is 1. The van der Waals surface area contributed by atoms with Crippen LogP contribution in [0.3, 0.4) is 0 Å². The number of thiophene rings is 1. The van der Waals surface area contributed by atoms with E-state index in [1.165, 1.54) is 23.5 Å². The molecular formula is C17H14FN3O4S2. The molecule has 1 aromatic carbocycles. The zero-order valence-corrected chi connectivity index (χ0v) is 15.4. The number of amides is 2. The molecule has 1 fully saturated rings. The smallest absolute Gasteiger partial charge is 0.332 e. The lowest BCUT2D eigenvalue weighted by atomic mass is 10.3. The van der Waals surface area contributed by atoms with Crippen LogP contribution in [0.25, 0.3) is 10.2 Å². The van der Waals surface area contributed by atoms with E-state index < -0.39 is 27.1 Å². The Balaban J connectivity index is 1.47. The lowest BCUT2D eigenvalue weighted by Gasteiger charge is -2.11. The number of carbonyl (C=O) groups excluding carboxylic acids is 1. The van der Waals surface area contributed by atoms with Crippen LogP contribution in [-0.4, -0.2) is 24.7 Å². The Morgan fingerprint density at radius 3 is 2.78 bits per heavy atom. The van der Waals surface area contributed by atoms with Gasteiger partial charge in [-0.3, -0.25) is 4.98 Å². The second-order valence-corrected chi connectivity index (χ2v) is 8.87. The van der Waals surface area contributed by atoms with Gasteiger partial charge in [0.25, 0.3) is 0 Å². The third-order valence-electron chi connectivity index (χ3n) is 3.92. The second-order valence-electron chi connectivity index (χ2n) is 5.99. The lowest BCUT2D eigenvalue weighted by Crippen LogP contribution is -2.36.